The number of hydrogen-bond acceptors (Lipinski definition) is 4. The summed E-state index contributed by atoms with van der Waals surface area (Å²) in [5, 5.41) is 3.34. The predicted octanol–water partition coefficient (Wildman–Crippen LogP) is 2.83. The van der Waals surface area contributed by atoms with Gasteiger partial charge in [0.1, 0.15) is 0 Å². The number of carbonyl (C=O) groups excluding carboxylic acids is 1. The minimum Gasteiger partial charge on any atom is -0.489 e. The lowest BCUT2D eigenvalue weighted by atomic mass is 10.2. The van der Waals surface area contributed by atoms with Crippen LogP contribution in [0, 0.1) is 0 Å². The van der Waals surface area contributed by atoms with Crippen LogP contribution in [0.25, 0.3) is 0 Å². The maximum Gasteiger partial charge on any atom is 0.251 e. The Morgan fingerprint density at radius 3 is 2.82 bits per heavy atom. The van der Waals surface area contributed by atoms with E-state index in [0.29, 0.717) is 41.8 Å². The van der Waals surface area contributed by atoms with E-state index >= 15 is 0 Å². The molecular formula is C16H15ClN2O3. The highest BCUT2D eigenvalue weighted by molar-refractivity contribution is 6.32. The van der Waals surface area contributed by atoms with Crippen LogP contribution < -0.4 is 14.8 Å². The lowest BCUT2D eigenvalue weighted by Crippen LogP contribution is -2.22. The Bertz CT molecular complexity index is 677. The van der Waals surface area contributed by atoms with Gasteiger partial charge in [-0.15, -0.1) is 0 Å². The molecule has 1 amide bonds. The first-order chi connectivity index (χ1) is 10.7. The second kappa shape index (κ2) is 6.66. The second-order valence-electron chi connectivity index (χ2n) is 4.87. The van der Waals surface area contributed by atoms with E-state index in [1.54, 1.807) is 30.6 Å². The van der Waals surface area contributed by atoms with Gasteiger partial charge in [0.05, 0.1) is 18.2 Å². The van der Waals surface area contributed by atoms with Crippen LogP contribution in [0.4, 0.5) is 0 Å². The van der Waals surface area contributed by atoms with Gasteiger partial charge < -0.3 is 14.8 Å². The molecule has 0 saturated carbocycles. The summed E-state index contributed by atoms with van der Waals surface area (Å²) in [6, 6.07) is 6.95. The summed E-state index contributed by atoms with van der Waals surface area (Å²) in [5.41, 5.74) is 1.42. The number of carbonyl (C=O) groups is 1. The highest BCUT2D eigenvalue weighted by Crippen LogP contribution is 2.37. The topological polar surface area (TPSA) is 60.5 Å². The fraction of sp³-hybridized carbons (Fsp3) is 0.250. The second-order valence-corrected chi connectivity index (χ2v) is 5.28. The summed E-state index contributed by atoms with van der Waals surface area (Å²) in [5.74, 6) is 1.03. The number of aromatic nitrogens is 1. The lowest BCUT2D eigenvalue weighted by Gasteiger charge is -2.12. The summed E-state index contributed by atoms with van der Waals surface area (Å²) >= 11 is 6.23. The van der Waals surface area contributed by atoms with Crippen LogP contribution in [0.3, 0.4) is 0 Å². The number of rotatable bonds is 3. The number of nitrogens with zero attached hydrogens (tertiary/aromatic N) is 1. The largest absolute Gasteiger partial charge is 0.489 e. The molecule has 0 atom stereocenters. The van der Waals surface area contributed by atoms with Crippen molar-refractivity contribution in [2.45, 2.75) is 13.0 Å². The van der Waals surface area contributed by atoms with E-state index in [0.717, 1.165) is 12.0 Å². The zero-order valence-electron chi connectivity index (χ0n) is 11.8. The molecule has 1 aromatic heterocycles. The number of amides is 1. The van der Waals surface area contributed by atoms with Gasteiger partial charge >= 0.3 is 0 Å². The number of ether oxygens (including phenoxy) is 2. The van der Waals surface area contributed by atoms with Crippen molar-refractivity contribution in [3.05, 3.63) is 52.8 Å². The molecule has 0 radical (unpaired) electrons. The van der Waals surface area contributed by atoms with Crippen LogP contribution in [-0.2, 0) is 6.54 Å². The smallest absolute Gasteiger partial charge is 0.251 e. The van der Waals surface area contributed by atoms with E-state index in [9.17, 15) is 4.79 Å². The normalized spacial score (nSPS) is 13.3. The SMILES string of the molecule is O=C(NCc1cc(Cl)c2c(c1)OCCCO2)c1ccncc1. The van der Waals surface area contributed by atoms with Crippen molar-refractivity contribution in [1.82, 2.24) is 10.3 Å². The Kier molecular flexibility index (Phi) is 4.44. The maximum atomic E-state index is 12.0. The highest BCUT2D eigenvalue weighted by Gasteiger charge is 2.16. The monoisotopic (exact) mass is 318 g/mol. The first-order valence-corrected chi connectivity index (χ1v) is 7.38. The summed E-state index contributed by atoms with van der Waals surface area (Å²) in [6.07, 6.45) is 3.98. The Balaban J connectivity index is 1.72. The molecular weight excluding hydrogens is 304 g/mol. The minimum atomic E-state index is -0.161. The van der Waals surface area contributed by atoms with Gasteiger partial charge in [-0.05, 0) is 29.8 Å². The van der Waals surface area contributed by atoms with Crippen molar-refractivity contribution in [2.75, 3.05) is 13.2 Å². The van der Waals surface area contributed by atoms with E-state index < -0.39 is 0 Å². The number of halogens is 1. The first-order valence-electron chi connectivity index (χ1n) is 7.00. The van der Waals surface area contributed by atoms with Gasteiger partial charge in [0.15, 0.2) is 11.5 Å². The van der Waals surface area contributed by atoms with Gasteiger partial charge in [-0.25, -0.2) is 0 Å². The molecule has 5 nitrogen and oxygen atoms in total. The zero-order valence-corrected chi connectivity index (χ0v) is 12.6. The third-order valence-electron chi connectivity index (χ3n) is 3.26. The number of fused-ring (bicyclic) bond motifs is 1. The fourth-order valence-corrected chi connectivity index (χ4v) is 2.46. The minimum absolute atomic E-state index is 0.161. The number of benzene rings is 1. The number of hydrogen-bond donors (Lipinski definition) is 1. The average molecular weight is 319 g/mol. The van der Waals surface area contributed by atoms with Crippen molar-refractivity contribution in [2.24, 2.45) is 0 Å². The van der Waals surface area contributed by atoms with Crippen LogP contribution in [0.15, 0.2) is 36.7 Å². The van der Waals surface area contributed by atoms with Gasteiger partial charge in [0.2, 0.25) is 0 Å². The fourth-order valence-electron chi connectivity index (χ4n) is 2.17. The molecule has 1 aromatic carbocycles. The van der Waals surface area contributed by atoms with Crippen molar-refractivity contribution in [3.8, 4) is 11.5 Å². The van der Waals surface area contributed by atoms with E-state index in [1.807, 2.05) is 6.07 Å². The van der Waals surface area contributed by atoms with Crippen molar-refractivity contribution < 1.29 is 14.3 Å². The summed E-state index contributed by atoms with van der Waals surface area (Å²) in [6.45, 7) is 1.54. The lowest BCUT2D eigenvalue weighted by molar-refractivity contribution is 0.0950. The van der Waals surface area contributed by atoms with Crippen LogP contribution >= 0.6 is 11.6 Å². The third-order valence-corrected chi connectivity index (χ3v) is 3.54. The van der Waals surface area contributed by atoms with Crippen LogP contribution in [-0.4, -0.2) is 24.1 Å². The Labute approximate surface area is 133 Å². The molecule has 6 heteroatoms. The standard InChI is InChI=1S/C16H15ClN2O3/c17-13-8-11(9-14-15(13)22-7-1-6-21-14)10-19-16(20)12-2-4-18-5-3-12/h2-5,8-9H,1,6-7,10H2,(H,19,20). The molecule has 0 saturated heterocycles. The molecule has 0 spiro atoms. The van der Waals surface area contributed by atoms with Crippen LogP contribution in [0.2, 0.25) is 5.02 Å². The van der Waals surface area contributed by atoms with E-state index in [1.165, 1.54) is 0 Å². The highest BCUT2D eigenvalue weighted by atomic mass is 35.5. The molecule has 1 aliphatic heterocycles. The molecule has 114 valence electrons. The molecule has 0 bridgehead atoms. The predicted molar refractivity (Wildman–Crippen MR) is 82.5 cm³/mol. The van der Waals surface area contributed by atoms with Crippen molar-refractivity contribution in [3.63, 3.8) is 0 Å². The average Bonchev–Trinajstić information content (AvgIpc) is 2.79. The summed E-state index contributed by atoms with van der Waals surface area (Å²) in [4.78, 5) is 15.9. The Hall–Kier alpha value is -2.27. The van der Waals surface area contributed by atoms with Crippen LogP contribution in [0.1, 0.15) is 22.3 Å². The molecule has 1 aliphatic rings. The zero-order chi connectivity index (χ0) is 15.4. The molecule has 3 rings (SSSR count). The Morgan fingerprint density at radius 1 is 1.23 bits per heavy atom. The van der Waals surface area contributed by atoms with Gasteiger partial charge in [0, 0.05) is 30.9 Å². The molecule has 2 heterocycles. The molecule has 0 fully saturated rings. The molecule has 2 aromatic rings. The van der Waals surface area contributed by atoms with Gasteiger partial charge in [-0.1, -0.05) is 11.6 Å². The maximum absolute atomic E-state index is 12.0. The molecule has 0 unspecified atom stereocenters. The number of nitrogens with one attached hydrogen (secondary N) is 1. The van der Waals surface area contributed by atoms with Crippen molar-refractivity contribution in [1.29, 1.82) is 0 Å². The molecule has 1 N–H and O–H groups in total. The summed E-state index contributed by atoms with van der Waals surface area (Å²) in [7, 11) is 0. The van der Waals surface area contributed by atoms with E-state index in [-0.39, 0.29) is 5.91 Å². The number of pyridine rings is 1. The van der Waals surface area contributed by atoms with E-state index in [4.69, 9.17) is 21.1 Å². The van der Waals surface area contributed by atoms with Crippen molar-refractivity contribution >= 4 is 17.5 Å². The Morgan fingerprint density at radius 2 is 2.00 bits per heavy atom. The third kappa shape index (κ3) is 3.31. The quantitative estimate of drug-likeness (QED) is 0.945. The molecule has 22 heavy (non-hydrogen) atoms. The van der Waals surface area contributed by atoms with Gasteiger partial charge in [-0.3, -0.25) is 9.78 Å². The van der Waals surface area contributed by atoms with Crippen LogP contribution in [0.5, 0.6) is 11.5 Å². The first kappa shape index (κ1) is 14.7. The summed E-state index contributed by atoms with van der Waals surface area (Å²) < 4.78 is 11.2. The van der Waals surface area contributed by atoms with Gasteiger partial charge in [0.25, 0.3) is 5.91 Å². The van der Waals surface area contributed by atoms with E-state index in [2.05, 4.69) is 10.3 Å². The van der Waals surface area contributed by atoms with Gasteiger partial charge in [-0.2, -0.15) is 0 Å². The molecule has 0 aliphatic carbocycles.